The number of anilines is 1. The topological polar surface area (TPSA) is 63.2 Å². The molecule has 1 aromatic heterocycles. The lowest BCUT2D eigenvalue weighted by Crippen LogP contribution is -2.39. The summed E-state index contributed by atoms with van der Waals surface area (Å²) in [5, 5.41) is 7.40. The number of hydrogen-bond donors (Lipinski definition) is 2. The van der Waals surface area contributed by atoms with E-state index in [1.54, 1.807) is 7.11 Å². The lowest BCUT2D eigenvalue weighted by molar-refractivity contribution is -0.120. The van der Waals surface area contributed by atoms with Gasteiger partial charge in [0, 0.05) is 23.3 Å². The number of amides is 1. The Hall–Kier alpha value is -2.30. The second-order valence-corrected chi connectivity index (χ2v) is 6.43. The number of para-hydroxylation sites is 1. The van der Waals surface area contributed by atoms with Crippen molar-refractivity contribution in [2.24, 2.45) is 0 Å². The SMILES string of the molecule is COc1cccc2c(NCC(=O)NC3CCCCC3)c(C)cnc12. The maximum atomic E-state index is 12.2. The molecule has 5 nitrogen and oxygen atoms in total. The van der Waals surface area contributed by atoms with E-state index in [0.29, 0.717) is 6.04 Å². The van der Waals surface area contributed by atoms with Crippen molar-refractivity contribution in [3.63, 3.8) is 0 Å². The standard InChI is InChI=1S/C19H25N3O2/c1-13-11-20-19-15(9-6-10-16(19)24-2)18(13)21-12-17(23)22-14-7-4-3-5-8-14/h6,9-11,14H,3-5,7-8,12H2,1-2H3,(H,20,21)(H,22,23). The number of aromatic nitrogens is 1. The van der Waals surface area contributed by atoms with Crippen LogP contribution in [0.3, 0.4) is 0 Å². The Morgan fingerprint density at radius 2 is 2.08 bits per heavy atom. The van der Waals surface area contributed by atoms with Gasteiger partial charge in [-0.2, -0.15) is 0 Å². The summed E-state index contributed by atoms with van der Waals surface area (Å²) in [6, 6.07) is 6.17. The minimum absolute atomic E-state index is 0.0501. The van der Waals surface area contributed by atoms with E-state index in [1.807, 2.05) is 31.3 Å². The second-order valence-electron chi connectivity index (χ2n) is 6.43. The summed E-state index contributed by atoms with van der Waals surface area (Å²) in [5.41, 5.74) is 2.76. The number of fused-ring (bicyclic) bond motifs is 1. The quantitative estimate of drug-likeness (QED) is 0.883. The van der Waals surface area contributed by atoms with Gasteiger partial charge in [0.2, 0.25) is 5.91 Å². The fourth-order valence-electron chi connectivity index (χ4n) is 3.39. The predicted octanol–water partition coefficient (Wildman–Crippen LogP) is 3.41. The van der Waals surface area contributed by atoms with Gasteiger partial charge in [-0.05, 0) is 31.4 Å². The summed E-state index contributed by atoms with van der Waals surface area (Å²) >= 11 is 0. The van der Waals surface area contributed by atoms with E-state index < -0.39 is 0 Å². The van der Waals surface area contributed by atoms with Crippen LogP contribution in [0.5, 0.6) is 5.75 Å². The van der Waals surface area contributed by atoms with Gasteiger partial charge in [-0.3, -0.25) is 9.78 Å². The molecule has 5 heteroatoms. The monoisotopic (exact) mass is 327 g/mol. The Labute approximate surface area is 142 Å². The van der Waals surface area contributed by atoms with Gasteiger partial charge in [0.15, 0.2) is 0 Å². The molecule has 0 bridgehead atoms. The molecule has 2 aromatic rings. The third kappa shape index (κ3) is 3.61. The molecule has 0 radical (unpaired) electrons. The Morgan fingerprint density at radius 1 is 1.29 bits per heavy atom. The number of rotatable bonds is 5. The van der Waals surface area contributed by atoms with Crippen molar-refractivity contribution in [3.05, 3.63) is 30.0 Å². The molecule has 1 amide bonds. The second kappa shape index (κ2) is 7.51. The normalized spacial score (nSPS) is 15.2. The van der Waals surface area contributed by atoms with Crippen molar-refractivity contribution in [3.8, 4) is 5.75 Å². The molecule has 24 heavy (non-hydrogen) atoms. The first-order valence-electron chi connectivity index (χ1n) is 8.64. The number of hydrogen-bond acceptors (Lipinski definition) is 4. The van der Waals surface area contributed by atoms with Crippen LogP contribution < -0.4 is 15.4 Å². The lowest BCUT2D eigenvalue weighted by Gasteiger charge is -2.23. The van der Waals surface area contributed by atoms with E-state index in [9.17, 15) is 4.79 Å². The molecular weight excluding hydrogens is 302 g/mol. The van der Waals surface area contributed by atoms with E-state index in [1.165, 1.54) is 19.3 Å². The number of pyridine rings is 1. The van der Waals surface area contributed by atoms with Gasteiger partial charge >= 0.3 is 0 Å². The van der Waals surface area contributed by atoms with Gasteiger partial charge in [0.05, 0.1) is 13.7 Å². The molecule has 0 unspecified atom stereocenters. The third-order valence-electron chi connectivity index (χ3n) is 4.67. The van der Waals surface area contributed by atoms with E-state index in [0.717, 1.165) is 40.7 Å². The van der Waals surface area contributed by atoms with Crippen molar-refractivity contribution >= 4 is 22.5 Å². The predicted molar refractivity (Wildman–Crippen MR) is 96.5 cm³/mol. The van der Waals surface area contributed by atoms with Gasteiger partial charge in [-0.1, -0.05) is 31.4 Å². The molecule has 1 fully saturated rings. The number of carbonyl (C=O) groups excluding carboxylic acids is 1. The zero-order chi connectivity index (χ0) is 16.9. The number of ether oxygens (including phenoxy) is 1. The Balaban J connectivity index is 1.72. The van der Waals surface area contributed by atoms with E-state index in [2.05, 4.69) is 15.6 Å². The Kier molecular flexibility index (Phi) is 5.18. The van der Waals surface area contributed by atoms with E-state index in [4.69, 9.17) is 4.74 Å². The third-order valence-corrected chi connectivity index (χ3v) is 4.67. The van der Waals surface area contributed by atoms with Crippen LogP contribution in [0.1, 0.15) is 37.7 Å². The zero-order valence-corrected chi connectivity index (χ0v) is 14.4. The summed E-state index contributed by atoms with van der Waals surface area (Å²) in [4.78, 5) is 16.7. The first-order chi connectivity index (χ1) is 11.7. The maximum Gasteiger partial charge on any atom is 0.239 e. The van der Waals surface area contributed by atoms with Crippen molar-refractivity contribution in [2.75, 3.05) is 19.0 Å². The first kappa shape index (κ1) is 16.6. The van der Waals surface area contributed by atoms with Crippen LogP contribution >= 0.6 is 0 Å². The fourth-order valence-corrected chi connectivity index (χ4v) is 3.39. The van der Waals surface area contributed by atoms with Crippen LogP contribution in [-0.2, 0) is 4.79 Å². The zero-order valence-electron chi connectivity index (χ0n) is 14.4. The van der Waals surface area contributed by atoms with E-state index in [-0.39, 0.29) is 12.5 Å². The molecule has 2 N–H and O–H groups in total. The highest BCUT2D eigenvalue weighted by molar-refractivity contribution is 5.97. The van der Waals surface area contributed by atoms with Crippen molar-refractivity contribution in [1.29, 1.82) is 0 Å². The Morgan fingerprint density at radius 3 is 2.83 bits per heavy atom. The summed E-state index contributed by atoms with van der Waals surface area (Å²) in [5.74, 6) is 0.788. The highest BCUT2D eigenvalue weighted by Crippen LogP contribution is 2.30. The highest BCUT2D eigenvalue weighted by Gasteiger charge is 2.16. The highest BCUT2D eigenvalue weighted by atomic mass is 16.5. The van der Waals surface area contributed by atoms with Crippen LogP contribution in [-0.4, -0.2) is 30.6 Å². The molecule has 0 spiro atoms. The van der Waals surface area contributed by atoms with Crippen molar-refractivity contribution < 1.29 is 9.53 Å². The summed E-state index contributed by atoms with van der Waals surface area (Å²) in [6.45, 7) is 2.26. The van der Waals surface area contributed by atoms with Crippen LogP contribution in [0.25, 0.3) is 10.9 Å². The maximum absolute atomic E-state index is 12.2. The number of benzene rings is 1. The van der Waals surface area contributed by atoms with E-state index >= 15 is 0 Å². The minimum atomic E-state index is 0.0501. The van der Waals surface area contributed by atoms with Crippen LogP contribution in [0.15, 0.2) is 24.4 Å². The van der Waals surface area contributed by atoms with Crippen LogP contribution in [0, 0.1) is 6.92 Å². The molecule has 1 heterocycles. The Bertz CT molecular complexity index is 724. The molecule has 0 atom stereocenters. The number of aryl methyl sites for hydroxylation is 1. The van der Waals surface area contributed by atoms with Gasteiger partial charge in [-0.25, -0.2) is 0 Å². The number of carbonyl (C=O) groups is 1. The number of methoxy groups -OCH3 is 1. The minimum Gasteiger partial charge on any atom is -0.494 e. The number of nitrogens with zero attached hydrogens (tertiary/aromatic N) is 1. The fraction of sp³-hybridized carbons (Fsp3) is 0.474. The largest absolute Gasteiger partial charge is 0.494 e. The van der Waals surface area contributed by atoms with Gasteiger partial charge in [0.25, 0.3) is 0 Å². The molecule has 1 saturated carbocycles. The first-order valence-corrected chi connectivity index (χ1v) is 8.64. The summed E-state index contributed by atoms with van der Waals surface area (Å²) in [6.07, 6.45) is 7.72. The van der Waals surface area contributed by atoms with Crippen LogP contribution in [0.2, 0.25) is 0 Å². The molecule has 0 aliphatic heterocycles. The van der Waals surface area contributed by atoms with Crippen LogP contribution in [0.4, 0.5) is 5.69 Å². The van der Waals surface area contributed by atoms with Gasteiger partial charge in [-0.15, -0.1) is 0 Å². The molecular formula is C19H25N3O2. The molecule has 3 rings (SSSR count). The number of nitrogens with one attached hydrogen (secondary N) is 2. The van der Waals surface area contributed by atoms with Crippen molar-refractivity contribution in [2.45, 2.75) is 45.1 Å². The van der Waals surface area contributed by atoms with Gasteiger partial charge < -0.3 is 15.4 Å². The average molecular weight is 327 g/mol. The van der Waals surface area contributed by atoms with Crippen molar-refractivity contribution in [1.82, 2.24) is 10.3 Å². The molecule has 128 valence electrons. The molecule has 1 aliphatic carbocycles. The lowest BCUT2D eigenvalue weighted by atomic mass is 9.95. The summed E-state index contributed by atoms with van der Waals surface area (Å²) in [7, 11) is 1.64. The summed E-state index contributed by atoms with van der Waals surface area (Å²) < 4.78 is 5.38. The van der Waals surface area contributed by atoms with Gasteiger partial charge in [0.1, 0.15) is 11.3 Å². The average Bonchev–Trinajstić information content (AvgIpc) is 2.61. The molecule has 1 aromatic carbocycles. The molecule has 0 saturated heterocycles. The molecule has 1 aliphatic rings. The smallest absolute Gasteiger partial charge is 0.239 e.